The minimum atomic E-state index is 0. The SMILES string of the molecule is OCCOCCOCC[NH+]1CCC(=C(c2ccsc2)c2ccsc2)CC1.[Cl-]. The van der Waals surface area contributed by atoms with Gasteiger partial charge >= 0.3 is 0 Å². The molecule has 2 aromatic heterocycles. The van der Waals surface area contributed by atoms with Crippen LogP contribution in [0.1, 0.15) is 24.0 Å². The van der Waals surface area contributed by atoms with Crippen molar-refractivity contribution in [1.29, 1.82) is 0 Å². The molecule has 150 valence electrons. The van der Waals surface area contributed by atoms with Gasteiger partial charge < -0.3 is 31.9 Å². The predicted molar refractivity (Wildman–Crippen MR) is 108 cm³/mol. The van der Waals surface area contributed by atoms with E-state index < -0.39 is 0 Å². The van der Waals surface area contributed by atoms with Crippen molar-refractivity contribution < 1.29 is 31.9 Å². The third-order valence-electron chi connectivity index (χ3n) is 4.74. The van der Waals surface area contributed by atoms with Crippen molar-refractivity contribution in [3.05, 3.63) is 50.4 Å². The molecule has 0 bridgehead atoms. The molecule has 3 heterocycles. The van der Waals surface area contributed by atoms with E-state index in [0.29, 0.717) is 19.8 Å². The number of halogens is 1. The van der Waals surface area contributed by atoms with Gasteiger partial charge in [-0.15, -0.1) is 0 Å². The molecule has 1 saturated heterocycles. The summed E-state index contributed by atoms with van der Waals surface area (Å²) in [6.07, 6.45) is 2.33. The van der Waals surface area contributed by atoms with E-state index in [4.69, 9.17) is 14.6 Å². The third kappa shape index (κ3) is 6.98. The minimum absolute atomic E-state index is 0. The Kier molecular flexibility index (Phi) is 10.6. The highest BCUT2D eigenvalue weighted by Crippen LogP contribution is 2.32. The Labute approximate surface area is 175 Å². The Hall–Kier alpha value is -0.730. The fourth-order valence-electron chi connectivity index (χ4n) is 3.40. The van der Waals surface area contributed by atoms with E-state index in [2.05, 4.69) is 33.7 Å². The lowest BCUT2D eigenvalue weighted by Crippen LogP contribution is -3.13. The molecule has 0 aromatic carbocycles. The Bertz CT molecular complexity index is 613. The summed E-state index contributed by atoms with van der Waals surface area (Å²) in [5.74, 6) is 0. The second kappa shape index (κ2) is 12.7. The molecule has 2 aromatic rings. The number of quaternary nitrogens is 1. The van der Waals surface area contributed by atoms with Gasteiger partial charge in [0.2, 0.25) is 0 Å². The Morgan fingerprint density at radius 2 is 1.52 bits per heavy atom. The molecule has 0 atom stereocenters. The number of aliphatic hydroxyl groups excluding tert-OH is 1. The van der Waals surface area contributed by atoms with E-state index >= 15 is 0 Å². The number of hydrogen-bond acceptors (Lipinski definition) is 5. The molecule has 0 aliphatic carbocycles. The fraction of sp³-hybridized carbons (Fsp3) is 0.500. The average molecular weight is 430 g/mol. The van der Waals surface area contributed by atoms with Gasteiger partial charge in [0.25, 0.3) is 0 Å². The molecule has 27 heavy (non-hydrogen) atoms. The fourth-order valence-corrected chi connectivity index (χ4v) is 4.69. The molecular weight excluding hydrogens is 402 g/mol. The van der Waals surface area contributed by atoms with Crippen LogP contribution in [0.3, 0.4) is 0 Å². The summed E-state index contributed by atoms with van der Waals surface area (Å²) >= 11 is 3.55. The summed E-state index contributed by atoms with van der Waals surface area (Å²) in [6.45, 7) is 5.83. The average Bonchev–Trinajstić information content (AvgIpc) is 3.37. The highest BCUT2D eigenvalue weighted by atomic mass is 35.5. The lowest BCUT2D eigenvalue weighted by Gasteiger charge is -2.27. The molecule has 1 aliphatic rings. The van der Waals surface area contributed by atoms with Crippen LogP contribution in [0.5, 0.6) is 0 Å². The number of nitrogens with one attached hydrogen (secondary N) is 1. The van der Waals surface area contributed by atoms with Crippen molar-refractivity contribution in [2.24, 2.45) is 0 Å². The maximum atomic E-state index is 8.65. The highest BCUT2D eigenvalue weighted by Gasteiger charge is 2.21. The standard InChI is InChI=1S/C20H27NO3S2.ClH/c22-8-10-24-12-11-23-9-7-21-5-1-17(2-6-21)20(18-3-13-25-15-18)19-4-14-26-16-19;/h3-4,13-16,22H,1-2,5-12H2;1H. The Morgan fingerprint density at radius 3 is 2.04 bits per heavy atom. The van der Waals surface area contributed by atoms with Crippen molar-refractivity contribution in [2.75, 3.05) is 52.7 Å². The van der Waals surface area contributed by atoms with Crippen LogP contribution >= 0.6 is 22.7 Å². The third-order valence-corrected chi connectivity index (χ3v) is 6.11. The largest absolute Gasteiger partial charge is 1.00 e. The van der Waals surface area contributed by atoms with Gasteiger partial charge in [0.05, 0.1) is 46.1 Å². The molecule has 0 amide bonds. The predicted octanol–water partition coefficient (Wildman–Crippen LogP) is -0.680. The number of ether oxygens (including phenoxy) is 2. The van der Waals surface area contributed by atoms with Crippen LogP contribution < -0.4 is 17.3 Å². The van der Waals surface area contributed by atoms with E-state index in [0.717, 1.165) is 26.0 Å². The maximum absolute atomic E-state index is 8.65. The van der Waals surface area contributed by atoms with Crippen LogP contribution in [0.25, 0.3) is 5.57 Å². The normalized spacial score (nSPS) is 16.9. The smallest absolute Gasteiger partial charge is 0.101 e. The zero-order chi connectivity index (χ0) is 18.0. The van der Waals surface area contributed by atoms with Gasteiger partial charge in [0.1, 0.15) is 6.54 Å². The van der Waals surface area contributed by atoms with E-state index in [1.165, 1.54) is 29.8 Å². The van der Waals surface area contributed by atoms with Crippen LogP contribution in [0, 0.1) is 0 Å². The first kappa shape index (κ1) is 22.6. The summed E-state index contributed by atoms with van der Waals surface area (Å²) in [7, 11) is 0. The lowest BCUT2D eigenvalue weighted by molar-refractivity contribution is -0.903. The van der Waals surface area contributed by atoms with Crippen LogP contribution in [0.4, 0.5) is 0 Å². The van der Waals surface area contributed by atoms with E-state index in [-0.39, 0.29) is 19.0 Å². The molecule has 0 unspecified atom stereocenters. The quantitative estimate of drug-likeness (QED) is 0.492. The van der Waals surface area contributed by atoms with E-state index in [1.54, 1.807) is 33.1 Å². The molecule has 4 nitrogen and oxygen atoms in total. The van der Waals surface area contributed by atoms with Crippen LogP contribution in [-0.2, 0) is 9.47 Å². The number of thiophene rings is 2. The number of rotatable bonds is 10. The van der Waals surface area contributed by atoms with Crippen molar-refractivity contribution in [1.82, 2.24) is 0 Å². The molecule has 3 rings (SSSR count). The number of likely N-dealkylation sites (tertiary alicyclic amines) is 1. The van der Waals surface area contributed by atoms with Gasteiger partial charge in [-0.2, -0.15) is 22.7 Å². The monoisotopic (exact) mass is 429 g/mol. The summed E-state index contributed by atoms with van der Waals surface area (Å²) in [5.41, 5.74) is 5.81. The zero-order valence-corrected chi connectivity index (χ0v) is 17.9. The summed E-state index contributed by atoms with van der Waals surface area (Å²) in [6, 6.07) is 4.49. The topological polar surface area (TPSA) is 43.1 Å². The van der Waals surface area contributed by atoms with Crippen molar-refractivity contribution >= 4 is 28.2 Å². The molecular formula is C20H28ClNO3S2. The van der Waals surface area contributed by atoms with Crippen LogP contribution in [-0.4, -0.2) is 57.8 Å². The van der Waals surface area contributed by atoms with Crippen molar-refractivity contribution in [2.45, 2.75) is 12.8 Å². The van der Waals surface area contributed by atoms with E-state index in [1.807, 2.05) is 0 Å². The summed E-state index contributed by atoms with van der Waals surface area (Å²) in [4.78, 5) is 1.63. The number of aliphatic hydroxyl groups is 1. The maximum Gasteiger partial charge on any atom is 0.101 e. The van der Waals surface area contributed by atoms with Gasteiger partial charge in [-0.25, -0.2) is 0 Å². The van der Waals surface area contributed by atoms with Crippen molar-refractivity contribution in [3.8, 4) is 0 Å². The van der Waals surface area contributed by atoms with Crippen LogP contribution in [0.15, 0.2) is 39.2 Å². The molecule has 0 radical (unpaired) electrons. The minimum Gasteiger partial charge on any atom is -1.00 e. The first-order chi connectivity index (χ1) is 12.9. The molecule has 7 heteroatoms. The Balaban J connectivity index is 0.00000261. The number of hydrogen-bond donors (Lipinski definition) is 2. The first-order valence-corrected chi connectivity index (χ1v) is 11.1. The van der Waals surface area contributed by atoms with Crippen LogP contribution in [0.2, 0.25) is 0 Å². The van der Waals surface area contributed by atoms with Gasteiger partial charge in [-0.1, -0.05) is 5.57 Å². The molecule has 1 fully saturated rings. The Morgan fingerprint density at radius 1 is 0.926 bits per heavy atom. The van der Waals surface area contributed by atoms with E-state index in [9.17, 15) is 0 Å². The summed E-state index contributed by atoms with van der Waals surface area (Å²) < 4.78 is 10.8. The van der Waals surface area contributed by atoms with Gasteiger partial charge in [0, 0.05) is 12.8 Å². The molecule has 0 saturated carbocycles. The second-order valence-electron chi connectivity index (χ2n) is 6.45. The van der Waals surface area contributed by atoms with Gasteiger partial charge in [0.15, 0.2) is 0 Å². The molecule has 0 spiro atoms. The number of piperidine rings is 1. The zero-order valence-electron chi connectivity index (χ0n) is 15.5. The summed E-state index contributed by atoms with van der Waals surface area (Å²) in [5, 5.41) is 17.5. The second-order valence-corrected chi connectivity index (χ2v) is 8.01. The molecule has 1 aliphatic heterocycles. The van der Waals surface area contributed by atoms with Gasteiger partial charge in [-0.3, -0.25) is 0 Å². The lowest BCUT2D eigenvalue weighted by atomic mass is 9.91. The van der Waals surface area contributed by atoms with Gasteiger partial charge in [-0.05, 0) is 50.4 Å². The van der Waals surface area contributed by atoms with Crippen molar-refractivity contribution in [3.63, 3.8) is 0 Å². The first-order valence-electron chi connectivity index (χ1n) is 9.25. The highest BCUT2D eigenvalue weighted by molar-refractivity contribution is 7.08. The molecule has 2 N–H and O–H groups in total.